The fourth-order valence-electron chi connectivity index (χ4n) is 8.31. The Balaban J connectivity index is 1.26. The number of hydrogen-bond acceptors (Lipinski definition) is 4. The molecule has 228 valence electrons. The highest BCUT2D eigenvalue weighted by Gasteiger charge is 2.51. The van der Waals surface area contributed by atoms with Crippen LogP contribution < -0.4 is 4.74 Å². The van der Waals surface area contributed by atoms with Crippen molar-refractivity contribution in [3.63, 3.8) is 0 Å². The topological polar surface area (TPSA) is 48.2 Å². The van der Waals surface area contributed by atoms with Gasteiger partial charge in [0.25, 0.3) is 0 Å². The van der Waals surface area contributed by atoms with Crippen LogP contribution in [0.15, 0.2) is 156 Å². The molecule has 2 unspecified atom stereocenters. The normalized spacial score (nSPS) is 17.9. The van der Waals surface area contributed by atoms with Crippen LogP contribution in [0.25, 0.3) is 44.5 Å². The Morgan fingerprint density at radius 1 is 0.562 bits per heavy atom. The molecule has 3 aliphatic rings. The van der Waals surface area contributed by atoms with Crippen LogP contribution in [0.1, 0.15) is 41.0 Å². The molecule has 1 spiro atoms. The summed E-state index contributed by atoms with van der Waals surface area (Å²) in [6.45, 7) is 2.18. The Hall–Kier alpha value is -6.00. The molecule has 0 radical (unpaired) electrons. The van der Waals surface area contributed by atoms with Crippen LogP contribution in [0.2, 0.25) is 0 Å². The number of allylic oxidation sites excluding steroid dienone is 4. The molecule has 4 nitrogen and oxygen atoms in total. The van der Waals surface area contributed by atoms with E-state index in [0.717, 1.165) is 50.1 Å². The molecule has 4 heteroatoms. The highest BCUT2D eigenvalue weighted by molar-refractivity contribution is 6.03. The average molecular weight is 619 g/mol. The maximum absolute atomic E-state index is 7.01. The third kappa shape index (κ3) is 3.66. The van der Waals surface area contributed by atoms with Crippen molar-refractivity contribution in [2.24, 2.45) is 5.92 Å². The molecular weight excluding hydrogens is 588 g/mol. The molecule has 0 N–H and O–H groups in total. The Morgan fingerprint density at radius 2 is 1.23 bits per heavy atom. The lowest BCUT2D eigenvalue weighted by atomic mass is 9.65. The Bertz CT molecular complexity index is 2440. The molecule has 7 aromatic rings. The Morgan fingerprint density at radius 3 is 2.04 bits per heavy atom. The van der Waals surface area contributed by atoms with E-state index in [4.69, 9.17) is 14.3 Å². The average Bonchev–Trinajstić information content (AvgIpc) is 3.74. The minimum absolute atomic E-state index is 0.0290. The summed E-state index contributed by atoms with van der Waals surface area (Å²) in [6, 6.07) is 45.5. The van der Waals surface area contributed by atoms with E-state index >= 15 is 0 Å². The molecule has 48 heavy (non-hydrogen) atoms. The number of ether oxygens (including phenoxy) is 1. The van der Waals surface area contributed by atoms with Gasteiger partial charge in [-0.15, -0.1) is 10.2 Å². The monoisotopic (exact) mass is 618 g/mol. The zero-order valence-corrected chi connectivity index (χ0v) is 26.3. The van der Waals surface area contributed by atoms with Crippen molar-refractivity contribution in [3.05, 3.63) is 180 Å². The zero-order chi connectivity index (χ0) is 31.8. The minimum atomic E-state index is -0.543. The second-order valence-corrected chi connectivity index (χ2v) is 12.9. The maximum Gasteiger partial charge on any atom is 0.249 e. The number of rotatable bonds is 3. The number of hydrogen-bond donors (Lipinski definition) is 0. The van der Waals surface area contributed by atoms with Crippen LogP contribution in [0.4, 0.5) is 0 Å². The van der Waals surface area contributed by atoms with Crippen LogP contribution in [0, 0.1) is 5.92 Å². The first-order valence-corrected chi connectivity index (χ1v) is 16.5. The largest absolute Gasteiger partial charge is 0.456 e. The number of fused-ring (bicyclic) bond motifs is 10. The van der Waals surface area contributed by atoms with Crippen molar-refractivity contribution in [3.8, 4) is 45.2 Å². The van der Waals surface area contributed by atoms with Crippen molar-refractivity contribution < 1.29 is 9.15 Å². The standard InChI is InChI=1S/C44H30N2O2/c1-27-13-2-4-15-29(27)42-45-46-43(48-42)40-30-16-5-3-14-28(30)25-26-33(40)34-19-12-23-38-41(34)47-39-24-11-10-22-37(39)44(38)35-20-8-6-17-31(35)32-18-7-9-21-36(32)44/h2-27,29H,1H3. The first-order chi connectivity index (χ1) is 23.7. The molecule has 0 amide bonds. The van der Waals surface area contributed by atoms with Gasteiger partial charge in [-0.05, 0) is 50.6 Å². The predicted molar refractivity (Wildman–Crippen MR) is 190 cm³/mol. The van der Waals surface area contributed by atoms with Gasteiger partial charge in [0.2, 0.25) is 11.8 Å². The molecule has 1 aliphatic heterocycles. The summed E-state index contributed by atoms with van der Waals surface area (Å²) in [5.74, 6) is 3.12. The third-order valence-electron chi connectivity index (χ3n) is 10.4. The summed E-state index contributed by atoms with van der Waals surface area (Å²) in [7, 11) is 0. The van der Waals surface area contributed by atoms with E-state index in [9.17, 15) is 0 Å². The molecule has 6 aromatic carbocycles. The van der Waals surface area contributed by atoms with Crippen LogP contribution in [-0.4, -0.2) is 10.2 Å². The van der Waals surface area contributed by atoms with Crippen molar-refractivity contribution >= 4 is 10.8 Å². The Labute approximate surface area is 278 Å². The molecule has 1 aromatic heterocycles. The van der Waals surface area contributed by atoms with Gasteiger partial charge >= 0.3 is 0 Å². The summed E-state index contributed by atoms with van der Waals surface area (Å²) in [5, 5.41) is 11.5. The summed E-state index contributed by atoms with van der Waals surface area (Å²) >= 11 is 0. The second-order valence-electron chi connectivity index (χ2n) is 12.9. The first kappa shape index (κ1) is 27.1. The molecule has 2 heterocycles. The molecule has 0 saturated carbocycles. The predicted octanol–water partition coefficient (Wildman–Crippen LogP) is 10.9. The van der Waals surface area contributed by atoms with Gasteiger partial charge in [0, 0.05) is 16.7 Å². The molecular formula is C44H30N2O2. The fraction of sp³-hybridized carbons (Fsp3) is 0.0909. The highest BCUT2D eigenvalue weighted by Crippen LogP contribution is 2.63. The number of nitrogens with zero attached hydrogens (tertiary/aromatic N) is 2. The van der Waals surface area contributed by atoms with E-state index in [1.165, 1.54) is 22.3 Å². The lowest BCUT2D eigenvalue weighted by molar-refractivity contribution is 0.438. The van der Waals surface area contributed by atoms with Gasteiger partial charge in [0.1, 0.15) is 11.5 Å². The van der Waals surface area contributed by atoms with Crippen LogP contribution in [-0.2, 0) is 5.41 Å². The van der Waals surface area contributed by atoms with E-state index in [-0.39, 0.29) is 11.8 Å². The van der Waals surface area contributed by atoms with Gasteiger partial charge in [-0.3, -0.25) is 0 Å². The van der Waals surface area contributed by atoms with Crippen LogP contribution >= 0.6 is 0 Å². The quantitative estimate of drug-likeness (QED) is 0.198. The van der Waals surface area contributed by atoms with E-state index in [1.54, 1.807) is 0 Å². The third-order valence-corrected chi connectivity index (χ3v) is 10.4. The molecule has 2 aliphatic carbocycles. The molecule has 0 fully saturated rings. The van der Waals surface area contributed by atoms with Crippen molar-refractivity contribution in [1.82, 2.24) is 10.2 Å². The zero-order valence-electron chi connectivity index (χ0n) is 26.3. The van der Waals surface area contributed by atoms with Gasteiger partial charge in [-0.25, -0.2) is 0 Å². The SMILES string of the molecule is CC1C=CC=CC1c1nnc(-c2c(-c3cccc4c3Oc3ccccc3C43c4ccccc4-c4ccccc43)ccc3ccccc23)o1. The highest BCUT2D eigenvalue weighted by atomic mass is 16.5. The first-order valence-electron chi connectivity index (χ1n) is 16.5. The van der Waals surface area contributed by atoms with Gasteiger partial charge in [0.05, 0.1) is 16.9 Å². The minimum Gasteiger partial charge on any atom is -0.456 e. The summed E-state index contributed by atoms with van der Waals surface area (Å²) < 4.78 is 13.6. The van der Waals surface area contributed by atoms with Gasteiger partial charge in [-0.1, -0.05) is 153 Å². The maximum atomic E-state index is 7.01. The molecule has 10 rings (SSSR count). The molecule has 0 bridgehead atoms. The fourth-order valence-corrected chi connectivity index (χ4v) is 8.31. The van der Waals surface area contributed by atoms with Gasteiger partial charge in [-0.2, -0.15) is 0 Å². The van der Waals surface area contributed by atoms with Crippen LogP contribution in [0.5, 0.6) is 11.5 Å². The van der Waals surface area contributed by atoms with Crippen LogP contribution in [0.3, 0.4) is 0 Å². The van der Waals surface area contributed by atoms with Crippen molar-refractivity contribution in [1.29, 1.82) is 0 Å². The van der Waals surface area contributed by atoms with E-state index in [1.807, 2.05) is 0 Å². The number of para-hydroxylation sites is 2. The van der Waals surface area contributed by atoms with E-state index in [2.05, 4.69) is 164 Å². The van der Waals surface area contributed by atoms with Gasteiger partial charge in [0.15, 0.2) is 0 Å². The lowest BCUT2D eigenvalue weighted by Crippen LogP contribution is -2.32. The summed E-state index contributed by atoms with van der Waals surface area (Å²) in [4.78, 5) is 0. The lowest BCUT2D eigenvalue weighted by Gasteiger charge is -2.40. The smallest absolute Gasteiger partial charge is 0.249 e. The molecule has 2 atom stereocenters. The van der Waals surface area contributed by atoms with E-state index < -0.39 is 5.41 Å². The Kier molecular flexibility index (Phi) is 5.80. The van der Waals surface area contributed by atoms with Crippen molar-refractivity contribution in [2.75, 3.05) is 0 Å². The second kappa shape index (κ2) is 10.2. The van der Waals surface area contributed by atoms with E-state index in [0.29, 0.717) is 11.8 Å². The summed E-state index contributed by atoms with van der Waals surface area (Å²) in [6.07, 6.45) is 8.45. The molecule has 0 saturated heterocycles. The number of aromatic nitrogens is 2. The van der Waals surface area contributed by atoms with Crippen molar-refractivity contribution in [2.45, 2.75) is 18.3 Å². The van der Waals surface area contributed by atoms with Gasteiger partial charge < -0.3 is 9.15 Å². The number of benzene rings is 6. The summed E-state index contributed by atoms with van der Waals surface area (Å²) in [5.41, 5.74) is 9.66.